The molecule has 0 aromatic heterocycles. The molecule has 3 rings (SSSR count). The number of nitrogens with two attached hydrogens (primary N) is 1. The first kappa shape index (κ1) is 17.0. The molecule has 3 nitrogen and oxygen atoms in total. The van der Waals surface area contributed by atoms with Crippen molar-refractivity contribution in [2.24, 2.45) is 5.73 Å². The zero-order valence-corrected chi connectivity index (χ0v) is 14.6. The van der Waals surface area contributed by atoms with Gasteiger partial charge in [0.25, 0.3) is 0 Å². The molecule has 2 aromatic carbocycles. The molecule has 0 spiro atoms. The molecule has 1 aliphatic heterocycles. The van der Waals surface area contributed by atoms with Gasteiger partial charge in [-0.05, 0) is 68.7 Å². The van der Waals surface area contributed by atoms with Crippen molar-refractivity contribution in [1.82, 2.24) is 4.90 Å². The van der Waals surface area contributed by atoms with Gasteiger partial charge in [-0.2, -0.15) is 0 Å². The van der Waals surface area contributed by atoms with Crippen molar-refractivity contribution in [3.05, 3.63) is 65.7 Å². The molecule has 1 heterocycles. The van der Waals surface area contributed by atoms with Crippen LogP contribution in [0.25, 0.3) is 0 Å². The van der Waals surface area contributed by atoms with E-state index >= 15 is 0 Å². The second-order valence-electron chi connectivity index (χ2n) is 6.66. The van der Waals surface area contributed by atoms with Crippen LogP contribution in [0.2, 0.25) is 0 Å². The van der Waals surface area contributed by atoms with Gasteiger partial charge in [0.1, 0.15) is 5.75 Å². The zero-order chi connectivity index (χ0) is 16.8. The Hall–Kier alpha value is -1.84. The lowest BCUT2D eigenvalue weighted by Gasteiger charge is -2.43. The Kier molecular flexibility index (Phi) is 5.54. The lowest BCUT2D eigenvalue weighted by molar-refractivity contribution is 0.178. The Morgan fingerprint density at radius 2 is 1.58 bits per heavy atom. The van der Waals surface area contributed by atoms with Gasteiger partial charge >= 0.3 is 0 Å². The third-order valence-electron chi connectivity index (χ3n) is 5.36. The van der Waals surface area contributed by atoms with Crippen molar-refractivity contribution >= 4 is 0 Å². The Balaban J connectivity index is 1.88. The molecular formula is C21H28N2O. The minimum Gasteiger partial charge on any atom is -0.497 e. The molecule has 0 aliphatic carbocycles. The van der Waals surface area contributed by atoms with E-state index in [-0.39, 0.29) is 5.41 Å². The van der Waals surface area contributed by atoms with Crippen LogP contribution in [0.15, 0.2) is 54.6 Å². The summed E-state index contributed by atoms with van der Waals surface area (Å²) in [7, 11) is 1.72. The van der Waals surface area contributed by atoms with E-state index in [2.05, 4.69) is 59.5 Å². The molecule has 0 radical (unpaired) electrons. The summed E-state index contributed by atoms with van der Waals surface area (Å²) in [6.07, 6.45) is 3.38. The van der Waals surface area contributed by atoms with Crippen LogP contribution in [0, 0.1) is 0 Å². The fraction of sp³-hybridized carbons (Fsp3) is 0.429. The van der Waals surface area contributed by atoms with Gasteiger partial charge in [-0.1, -0.05) is 42.5 Å². The second-order valence-corrected chi connectivity index (χ2v) is 6.66. The number of piperidine rings is 1. The first-order valence-electron chi connectivity index (χ1n) is 8.91. The maximum absolute atomic E-state index is 5.67. The predicted octanol–water partition coefficient (Wildman–Crippen LogP) is 3.43. The quantitative estimate of drug-likeness (QED) is 0.885. The van der Waals surface area contributed by atoms with Gasteiger partial charge in [-0.25, -0.2) is 0 Å². The number of benzene rings is 2. The Bertz CT molecular complexity index is 616. The van der Waals surface area contributed by atoms with Crippen molar-refractivity contribution in [2.45, 2.75) is 24.7 Å². The first-order chi connectivity index (χ1) is 11.8. The lowest BCUT2D eigenvalue weighted by atomic mass is 9.68. The summed E-state index contributed by atoms with van der Waals surface area (Å²) in [6, 6.07) is 19.6. The van der Waals surface area contributed by atoms with Gasteiger partial charge in [0.15, 0.2) is 0 Å². The van der Waals surface area contributed by atoms with E-state index < -0.39 is 0 Å². The van der Waals surface area contributed by atoms with Crippen LogP contribution >= 0.6 is 0 Å². The Labute approximate surface area is 145 Å². The largest absolute Gasteiger partial charge is 0.497 e. The molecule has 24 heavy (non-hydrogen) atoms. The molecule has 2 aromatic rings. The monoisotopic (exact) mass is 324 g/mol. The number of likely N-dealkylation sites (tertiary alicyclic amines) is 1. The highest BCUT2D eigenvalue weighted by atomic mass is 16.5. The summed E-state index contributed by atoms with van der Waals surface area (Å²) in [5.74, 6) is 0.919. The molecule has 0 saturated carbocycles. The number of rotatable bonds is 6. The molecule has 3 heteroatoms. The van der Waals surface area contributed by atoms with E-state index in [1.807, 2.05) is 0 Å². The normalized spacial score (nSPS) is 17.6. The maximum atomic E-state index is 5.67. The minimum absolute atomic E-state index is 0.104. The van der Waals surface area contributed by atoms with Gasteiger partial charge in [0, 0.05) is 5.41 Å². The van der Waals surface area contributed by atoms with Crippen molar-refractivity contribution in [3.8, 4) is 5.75 Å². The van der Waals surface area contributed by atoms with E-state index in [0.717, 1.165) is 51.2 Å². The third kappa shape index (κ3) is 3.47. The summed E-state index contributed by atoms with van der Waals surface area (Å²) in [5.41, 5.74) is 8.59. The van der Waals surface area contributed by atoms with Crippen LogP contribution in [0.5, 0.6) is 5.75 Å². The van der Waals surface area contributed by atoms with Crippen LogP contribution in [-0.2, 0) is 5.41 Å². The average molecular weight is 324 g/mol. The fourth-order valence-corrected chi connectivity index (χ4v) is 3.88. The van der Waals surface area contributed by atoms with Crippen molar-refractivity contribution < 1.29 is 4.74 Å². The topological polar surface area (TPSA) is 38.5 Å². The molecule has 1 saturated heterocycles. The van der Waals surface area contributed by atoms with Crippen LogP contribution in [0.1, 0.15) is 30.4 Å². The van der Waals surface area contributed by atoms with Crippen molar-refractivity contribution in [2.75, 3.05) is 33.3 Å². The standard InChI is InChI=1S/C21H28N2O/c1-24-20-10-8-19(9-11-20)21(18-6-3-2-4-7-18)12-16-23(17-13-21)15-5-14-22/h2-4,6-11H,5,12-17,22H2,1H3. The molecule has 2 N–H and O–H groups in total. The molecule has 1 aliphatic rings. The Morgan fingerprint density at radius 3 is 2.17 bits per heavy atom. The number of nitrogens with zero attached hydrogens (tertiary/aromatic N) is 1. The highest BCUT2D eigenvalue weighted by molar-refractivity contribution is 5.42. The van der Waals surface area contributed by atoms with Crippen molar-refractivity contribution in [1.29, 1.82) is 0 Å². The third-order valence-corrected chi connectivity index (χ3v) is 5.36. The highest BCUT2D eigenvalue weighted by Gasteiger charge is 2.37. The molecule has 0 unspecified atom stereocenters. The average Bonchev–Trinajstić information content (AvgIpc) is 2.67. The molecule has 0 atom stereocenters. The summed E-state index contributed by atoms with van der Waals surface area (Å²) in [4.78, 5) is 2.55. The van der Waals surface area contributed by atoms with E-state index in [1.54, 1.807) is 7.11 Å². The summed E-state index contributed by atoms with van der Waals surface area (Å²) in [5, 5.41) is 0. The molecule has 0 bridgehead atoms. The maximum Gasteiger partial charge on any atom is 0.118 e. The van der Waals surface area contributed by atoms with Crippen molar-refractivity contribution in [3.63, 3.8) is 0 Å². The minimum atomic E-state index is 0.104. The smallest absolute Gasteiger partial charge is 0.118 e. The Morgan fingerprint density at radius 1 is 0.958 bits per heavy atom. The lowest BCUT2D eigenvalue weighted by Crippen LogP contribution is -2.43. The van der Waals surface area contributed by atoms with Crippen LogP contribution in [-0.4, -0.2) is 38.2 Å². The van der Waals surface area contributed by atoms with Gasteiger partial charge < -0.3 is 15.4 Å². The molecule has 0 amide bonds. The zero-order valence-electron chi connectivity index (χ0n) is 14.6. The molecule has 128 valence electrons. The van der Waals surface area contributed by atoms with E-state index in [0.29, 0.717) is 0 Å². The first-order valence-corrected chi connectivity index (χ1v) is 8.91. The SMILES string of the molecule is COc1ccc(C2(c3ccccc3)CCN(CCCN)CC2)cc1. The van der Waals surface area contributed by atoms with Crippen LogP contribution < -0.4 is 10.5 Å². The van der Waals surface area contributed by atoms with E-state index in [9.17, 15) is 0 Å². The summed E-state index contributed by atoms with van der Waals surface area (Å²) >= 11 is 0. The van der Waals surface area contributed by atoms with Crippen LogP contribution in [0.3, 0.4) is 0 Å². The van der Waals surface area contributed by atoms with Gasteiger partial charge in [-0.15, -0.1) is 0 Å². The number of hydrogen-bond acceptors (Lipinski definition) is 3. The predicted molar refractivity (Wildman–Crippen MR) is 99.6 cm³/mol. The molecular weight excluding hydrogens is 296 g/mol. The molecule has 1 fully saturated rings. The van der Waals surface area contributed by atoms with Gasteiger partial charge in [0.05, 0.1) is 7.11 Å². The second kappa shape index (κ2) is 7.82. The summed E-state index contributed by atoms with van der Waals surface area (Å²) < 4.78 is 5.34. The number of hydrogen-bond donors (Lipinski definition) is 1. The fourth-order valence-electron chi connectivity index (χ4n) is 3.88. The van der Waals surface area contributed by atoms with E-state index in [4.69, 9.17) is 10.5 Å². The number of methoxy groups -OCH3 is 1. The van der Waals surface area contributed by atoms with Crippen LogP contribution in [0.4, 0.5) is 0 Å². The van der Waals surface area contributed by atoms with Gasteiger partial charge in [-0.3, -0.25) is 0 Å². The summed E-state index contributed by atoms with van der Waals surface area (Å²) in [6.45, 7) is 4.14. The van der Waals surface area contributed by atoms with E-state index in [1.165, 1.54) is 11.1 Å². The highest BCUT2D eigenvalue weighted by Crippen LogP contribution is 2.42. The van der Waals surface area contributed by atoms with Gasteiger partial charge in [0.2, 0.25) is 0 Å². The number of ether oxygens (including phenoxy) is 1.